The van der Waals surface area contributed by atoms with E-state index in [-0.39, 0.29) is 16.7 Å². The van der Waals surface area contributed by atoms with Crippen molar-refractivity contribution in [3.05, 3.63) is 18.3 Å². The highest BCUT2D eigenvalue weighted by Gasteiger charge is 2.25. The fraction of sp³-hybridized carbons (Fsp3) is 0.625. The average Bonchev–Trinajstić information content (AvgIpc) is 2.52. The van der Waals surface area contributed by atoms with Crippen molar-refractivity contribution in [2.75, 3.05) is 30.8 Å². The molecule has 1 aromatic heterocycles. The lowest BCUT2D eigenvalue weighted by Gasteiger charge is -2.34. The molecule has 1 N–H and O–H groups in total. The van der Waals surface area contributed by atoms with Gasteiger partial charge in [0, 0.05) is 38.0 Å². The van der Waals surface area contributed by atoms with Crippen molar-refractivity contribution < 1.29 is 13.2 Å². The minimum Gasteiger partial charge on any atom is -0.356 e. The molecule has 2 heterocycles. The van der Waals surface area contributed by atoms with Gasteiger partial charge in [-0.05, 0) is 30.9 Å². The van der Waals surface area contributed by atoms with Gasteiger partial charge in [0.2, 0.25) is 5.91 Å². The lowest BCUT2D eigenvalue weighted by Crippen LogP contribution is -2.42. The van der Waals surface area contributed by atoms with E-state index in [1.807, 2.05) is 18.7 Å². The summed E-state index contributed by atoms with van der Waals surface area (Å²) in [6.45, 7) is 5.85. The molecule has 0 bridgehead atoms. The van der Waals surface area contributed by atoms with Crippen LogP contribution in [0.3, 0.4) is 0 Å². The van der Waals surface area contributed by atoms with Crippen LogP contribution in [0.2, 0.25) is 0 Å². The summed E-state index contributed by atoms with van der Waals surface area (Å²) in [5, 5.41) is 2.96. The van der Waals surface area contributed by atoms with Crippen LogP contribution in [0.5, 0.6) is 0 Å². The molecule has 1 amide bonds. The molecule has 128 valence electrons. The molecule has 1 saturated heterocycles. The number of nitrogens with zero attached hydrogens (tertiary/aromatic N) is 2. The molecule has 1 aliphatic heterocycles. The Bertz CT molecular complexity index is 658. The molecular weight excluding hydrogens is 314 g/mol. The van der Waals surface area contributed by atoms with Crippen LogP contribution in [-0.2, 0) is 14.6 Å². The highest BCUT2D eigenvalue weighted by atomic mass is 32.2. The number of rotatable bonds is 5. The molecule has 1 aliphatic rings. The Morgan fingerprint density at radius 2 is 2.22 bits per heavy atom. The molecule has 1 aromatic rings. The van der Waals surface area contributed by atoms with Crippen LogP contribution in [0.25, 0.3) is 0 Å². The molecule has 0 aromatic carbocycles. The van der Waals surface area contributed by atoms with Gasteiger partial charge in [0.25, 0.3) is 0 Å². The van der Waals surface area contributed by atoms with E-state index in [2.05, 4.69) is 10.3 Å². The summed E-state index contributed by atoms with van der Waals surface area (Å²) in [6, 6.07) is 3.24. The maximum Gasteiger partial charge on any atom is 0.222 e. The molecule has 0 saturated carbocycles. The van der Waals surface area contributed by atoms with Gasteiger partial charge in [0.1, 0.15) is 10.7 Å². The maximum atomic E-state index is 11.9. The summed E-state index contributed by atoms with van der Waals surface area (Å²) in [5.41, 5.74) is 0. The summed E-state index contributed by atoms with van der Waals surface area (Å²) in [7, 11) is -3.31. The van der Waals surface area contributed by atoms with E-state index in [1.165, 1.54) is 6.26 Å². The molecule has 0 aliphatic carbocycles. The van der Waals surface area contributed by atoms with E-state index in [1.54, 1.807) is 18.3 Å². The van der Waals surface area contributed by atoms with Crippen LogP contribution in [0.15, 0.2) is 23.2 Å². The minimum atomic E-state index is -3.31. The van der Waals surface area contributed by atoms with Crippen molar-refractivity contribution >= 4 is 21.6 Å². The second-order valence-electron chi connectivity index (χ2n) is 6.45. The van der Waals surface area contributed by atoms with Crippen LogP contribution in [0, 0.1) is 11.8 Å². The average molecular weight is 339 g/mol. The van der Waals surface area contributed by atoms with Crippen LogP contribution in [0.4, 0.5) is 5.82 Å². The zero-order valence-electron chi connectivity index (χ0n) is 13.9. The SMILES string of the molecule is CC(C)C(=O)NCC1CCCN(c2ncccc2S(C)(=O)=O)C1. The summed E-state index contributed by atoms with van der Waals surface area (Å²) in [4.78, 5) is 18.3. The number of nitrogens with one attached hydrogen (secondary N) is 1. The Balaban J connectivity index is 2.09. The number of amides is 1. The predicted octanol–water partition coefficient (Wildman–Crippen LogP) is 1.47. The van der Waals surface area contributed by atoms with E-state index >= 15 is 0 Å². The van der Waals surface area contributed by atoms with Gasteiger partial charge < -0.3 is 10.2 Å². The fourth-order valence-electron chi connectivity index (χ4n) is 2.78. The molecule has 2 rings (SSSR count). The van der Waals surface area contributed by atoms with Gasteiger partial charge in [0.05, 0.1) is 0 Å². The van der Waals surface area contributed by atoms with E-state index in [9.17, 15) is 13.2 Å². The van der Waals surface area contributed by atoms with Crippen molar-refractivity contribution in [3.8, 4) is 0 Å². The third kappa shape index (κ3) is 4.67. The van der Waals surface area contributed by atoms with Gasteiger partial charge in [-0.25, -0.2) is 13.4 Å². The number of hydrogen-bond donors (Lipinski definition) is 1. The smallest absolute Gasteiger partial charge is 0.222 e. The molecule has 23 heavy (non-hydrogen) atoms. The number of carbonyl (C=O) groups is 1. The Hall–Kier alpha value is -1.63. The summed E-state index contributed by atoms with van der Waals surface area (Å²) >= 11 is 0. The monoisotopic (exact) mass is 339 g/mol. The van der Waals surface area contributed by atoms with Crippen LogP contribution in [0.1, 0.15) is 26.7 Å². The van der Waals surface area contributed by atoms with Gasteiger partial charge >= 0.3 is 0 Å². The van der Waals surface area contributed by atoms with Crippen molar-refractivity contribution in [3.63, 3.8) is 0 Å². The van der Waals surface area contributed by atoms with E-state index < -0.39 is 9.84 Å². The van der Waals surface area contributed by atoms with Gasteiger partial charge in [-0.1, -0.05) is 13.8 Å². The Morgan fingerprint density at radius 1 is 1.48 bits per heavy atom. The largest absolute Gasteiger partial charge is 0.356 e. The van der Waals surface area contributed by atoms with Gasteiger partial charge in [-0.15, -0.1) is 0 Å². The van der Waals surface area contributed by atoms with Gasteiger partial charge in [-0.2, -0.15) is 0 Å². The van der Waals surface area contributed by atoms with Gasteiger partial charge in [-0.3, -0.25) is 4.79 Å². The zero-order chi connectivity index (χ0) is 17.0. The van der Waals surface area contributed by atoms with E-state index in [0.717, 1.165) is 19.4 Å². The van der Waals surface area contributed by atoms with Crippen molar-refractivity contribution in [2.24, 2.45) is 11.8 Å². The first-order valence-electron chi connectivity index (χ1n) is 7.96. The standard InChI is InChI=1S/C16H25N3O3S/c1-12(2)16(20)18-10-13-6-5-9-19(11-13)15-14(23(3,21)22)7-4-8-17-15/h4,7-8,12-13H,5-6,9-11H2,1-3H3,(H,18,20). The number of piperidine rings is 1. The van der Waals surface area contributed by atoms with E-state index in [0.29, 0.717) is 24.8 Å². The quantitative estimate of drug-likeness (QED) is 0.879. The Labute approximate surface area is 138 Å². The topological polar surface area (TPSA) is 79.4 Å². The number of hydrogen-bond acceptors (Lipinski definition) is 5. The highest BCUT2D eigenvalue weighted by Crippen LogP contribution is 2.27. The fourth-order valence-corrected chi connectivity index (χ4v) is 3.62. The van der Waals surface area contributed by atoms with Crippen LogP contribution < -0.4 is 10.2 Å². The third-order valence-corrected chi connectivity index (χ3v) is 5.18. The second-order valence-corrected chi connectivity index (χ2v) is 8.44. The molecular formula is C16H25N3O3S. The van der Waals surface area contributed by atoms with Gasteiger partial charge in [0.15, 0.2) is 9.84 Å². The molecule has 7 heteroatoms. The second kappa shape index (κ2) is 7.29. The maximum absolute atomic E-state index is 11.9. The summed E-state index contributed by atoms with van der Waals surface area (Å²) in [5.74, 6) is 0.856. The number of pyridine rings is 1. The zero-order valence-corrected chi connectivity index (χ0v) is 14.8. The van der Waals surface area contributed by atoms with E-state index in [4.69, 9.17) is 0 Å². The van der Waals surface area contributed by atoms with Crippen LogP contribution >= 0.6 is 0 Å². The summed E-state index contributed by atoms with van der Waals surface area (Å²) < 4.78 is 23.9. The molecule has 0 spiro atoms. The number of aromatic nitrogens is 1. The normalized spacial score (nSPS) is 19.0. The Kier molecular flexibility index (Phi) is 5.62. The molecule has 1 fully saturated rings. The molecule has 1 atom stereocenters. The molecule has 0 radical (unpaired) electrons. The van der Waals surface area contributed by atoms with Crippen molar-refractivity contribution in [1.82, 2.24) is 10.3 Å². The first kappa shape index (κ1) is 17.7. The van der Waals surface area contributed by atoms with Crippen molar-refractivity contribution in [1.29, 1.82) is 0 Å². The predicted molar refractivity (Wildman–Crippen MR) is 90.1 cm³/mol. The summed E-state index contributed by atoms with van der Waals surface area (Å²) in [6.07, 6.45) is 4.81. The van der Waals surface area contributed by atoms with Crippen molar-refractivity contribution in [2.45, 2.75) is 31.6 Å². The minimum absolute atomic E-state index is 0.0256. The Morgan fingerprint density at radius 3 is 2.87 bits per heavy atom. The highest BCUT2D eigenvalue weighted by molar-refractivity contribution is 7.90. The molecule has 1 unspecified atom stereocenters. The van der Waals surface area contributed by atoms with Crippen LogP contribution in [-0.4, -0.2) is 45.2 Å². The first-order chi connectivity index (χ1) is 10.8. The first-order valence-corrected chi connectivity index (χ1v) is 9.86. The number of carbonyl (C=O) groups excluding carboxylic acids is 1. The number of anilines is 1. The lowest BCUT2D eigenvalue weighted by molar-refractivity contribution is -0.124. The third-order valence-electron chi connectivity index (χ3n) is 4.06. The molecule has 6 nitrogen and oxygen atoms in total. The lowest BCUT2D eigenvalue weighted by atomic mass is 9.97. The number of sulfone groups is 1.